The SMILES string of the molecule is C[Si](C)(C)C#Cc1ccc(-c2nnc(C(F)F)o2)s1. The van der Waals surface area contributed by atoms with Crippen LogP contribution in [-0.2, 0) is 0 Å². The molecule has 0 aromatic carbocycles. The Morgan fingerprint density at radius 1 is 1.26 bits per heavy atom. The van der Waals surface area contributed by atoms with Gasteiger partial charge in [0.05, 0.1) is 9.75 Å². The molecule has 0 aliphatic heterocycles. The first-order valence-corrected chi connectivity index (χ1v) is 9.92. The quantitative estimate of drug-likeness (QED) is 0.622. The summed E-state index contributed by atoms with van der Waals surface area (Å²) < 4.78 is 29.6. The van der Waals surface area contributed by atoms with Gasteiger partial charge in [-0.2, -0.15) is 8.78 Å². The van der Waals surface area contributed by atoms with Crippen molar-refractivity contribution in [2.24, 2.45) is 0 Å². The number of nitrogens with zero attached hydrogens (tertiary/aromatic N) is 2. The molecule has 7 heteroatoms. The van der Waals surface area contributed by atoms with Crippen LogP contribution in [0.3, 0.4) is 0 Å². The second-order valence-corrected chi connectivity index (χ2v) is 10.7. The van der Waals surface area contributed by atoms with Crippen LogP contribution < -0.4 is 0 Å². The standard InChI is InChI=1S/C12H12F2N2OSSi/c1-19(2,3)7-6-8-4-5-9(18-8)11-15-16-12(17-11)10(13)14/h4-5,10H,1-3H3. The molecule has 2 aromatic heterocycles. The van der Waals surface area contributed by atoms with Crippen molar-refractivity contribution < 1.29 is 13.2 Å². The van der Waals surface area contributed by atoms with Crippen molar-refractivity contribution in [2.45, 2.75) is 26.1 Å². The molecule has 0 N–H and O–H groups in total. The minimum absolute atomic E-state index is 0.112. The predicted octanol–water partition coefficient (Wildman–Crippen LogP) is 3.96. The maximum atomic E-state index is 12.3. The van der Waals surface area contributed by atoms with Gasteiger partial charge in [0.2, 0.25) is 0 Å². The normalized spacial score (nSPS) is 11.5. The summed E-state index contributed by atoms with van der Waals surface area (Å²) in [4.78, 5) is 1.52. The summed E-state index contributed by atoms with van der Waals surface area (Å²) in [5.41, 5.74) is 3.24. The molecule has 3 nitrogen and oxygen atoms in total. The van der Waals surface area contributed by atoms with Gasteiger partial charge in [-0.3, -0.25) is 0 Å². The van der Waals surface area contributed by atoms with Gasteiger partial charge in [0.15, 0.2) is 0 Å². The Bertz CT molecular complexity index is 634. The number of aromatic nitrogens is 2. The molecule has 0 aliphatic carbocycles. The van der Waals surface area contributed by atoms with E-state index in [-0.39, 0.29) is 5.89 Å². The Labute approximate surface area is 114 Å². The van der Waals surface area contributed by atoms with Gasteiger partial charge in [-0.25, -0.2) is 0 Å². The van der Waals surface area contributed by atoms with E-state index in [0.717, 1.165) is 4.88 Å². The maximum Gasteiger partial charge on any atom is 0.314 e. The largest absolute Gasteiger partial charge is 0.414 e. The number of alkyl halides is 2. The third-order valence-corrected chi connectivity index (χ3v) is 3.87. The van der Waals surface area contributed by atoms with E-state index in [1.807, 2.05) is 6.07 Å². The summed E-state index contributed by atoms with van der Waals surface area (Å²) in [5.74, 6) is 2.55. The molecule has 0 bridgehead atoms. The Balaban J connectivity index is 2.22. The summed E-state index contributed by atoms with van der Waals surface area (Å²) in [6.07, 6.45) is -2.74. The Morgan fingerprint density at radius 3 is 2.58 bits per heavy atom. The second-order valence-electron chi connectivity index (χ2n) is 4.91. The molecule has 0 aliphatic rings. The molecule has 0 unspecified atom stereocenters. The first-order chi connectivity index (χ1) is 8.85. The molecule has 0 amide bonds. The molecule has 2 heterocycles. The third-order valence-electron chi connectivity index (χ3n) is 2.00. The zero-order valence-corrected chi connectivity index (χ0v) is 12.5. The van der Waals surface area contributed by atoms with Gasteiger partial charge < -0.3 is 4.42 Å². The highest BCUT2D eigenvalue weighted by Crippen LogP contribution is 2.28. The van der Waals surface area contributed by atoms with Crippen molar-refractivity contribution in [3.8, 4) is 22.2 Å². The molecule has 0 radical (unpaired) electrons. The predicted molar refractivity (Wildman–Crippen MR) is 72.8 cm³/mol. The van der Waals surface area contributed by atoms with Crippen molar-refractivity contribution in [2.75, 3.05) is 0 Å². The molecule has 19 heavy (non-hydrogen) atoms. The smallest absolute Gasteiger partial charge is 0.314 e. The van der Waals surface area contributed by atoms with E-state index in [9.17, 15) is 8.78 Å². The number of rotatable bonds is 2. The van der Waals surface area contributed by atoms with Gasteiger partial charge in [0.1, 0.15) is 8.07 Å². The minimum Gasteiger partial charge on any atom is -0.414 e. The monoisotopic (exact) mass is 298 g/mol. The Morgan fingerprint density at radius 2 is 2.00 bits per heavy atom. The first kappa shape index (κ1) is 13.9. The average Bonchev–Trinajstić information content (AvgIpc) is 2.94. The number of hydrogen-bond acceptors (Lipinski definition) is 4. The summed E-state index contributed by atoms with van der Waals surface area (Å²) >= 11 is 1.36. The lowest BCUT2D eigenvalue weighted by atomic mass is 10.4. The van der Waals surface area contributed by atoms with Crippen LogP contribution in [0.1, 0.15) is 17.2 Å². The van der Waals surface area contributed by atoms with E-state index in [0.29, 0.717) is 4.88 Å². The van der Waals surface area contributed by atoms with E-state index >= 15 is 0 Å². The Kier molecular flexibility index (Phi) is 3.82. The lowest BCUT2D eigenvalue weighted by Crippen LogP contribution is -2.16. The van der Waals surface area contributed by atoms with Gasteiger partial charge in [-0.15, -0.1) is 27.1 Å². The highest BCUT2D eigenvalue weighted by atomic mass is 32.1. The lowest BCUT2D eigenvalue weighted by Gasteiger charge is -2.02. The second kappa shape index (κ2) is 5.23. The first-order valence-electron chi connectivity index (χ1n) is 5.60. The summed E-state index contributed by atoms with van der Waals surface area (Å²) in [6, 6.07) is 3.58. The summed E-state index contributed by atoms with van der Waals surface area (Å²) in [7, 11) is -1.43. The molecule has 0 atom stereocenters. The summed E-state index contributed by atoms with van der Waals surface area (Å²) in [5, 5.41) is 6.90. The molecule has 0 saturated carbocycles. The molecule has 2 rings (SSSR count). The molecule has 0 fully saturated rings. The van der Waals surface area contributed by atoms with E-state index in [1.54, 1.807) is 6.07 Å². The van der Waals surface area contributed by atoms with Crippen molar-refractivity contribution in [3.63, 3.8) is 0 Å². The van der Waals surface area contributed by atoms with Crippen LogP contribution in [0.5, 0.6) is 0 Å². The third kappa shape index (κ3) is 3.72. The highest BCUT2D eigenvalue weighted by Gasteiger charge is 2.17. The number of thiophene rings is 1. The van der Waals surface area contributed by atoms with E-state index in [4.69, 9.17) is 4.42 Å². The van der Waals surface area contributed by atoms with Crippen molar-refractivity contribution in [3.05, 3.63) is 22.9 Å². The van der Waals surface area contributed by atoms with Crippen LogP contribution >= 0.6 is 11.3 Å². The van der Waals surface area contributed by atoms with Gasteiger partial charge in [-0.05, 0) is 12.1 Å². The average molecular weight is 298 g/mol. The molecule has 0 saturated heterocycles. The van der Waals surface area contributed by atoms with Crippen LogP contribution in [-0.4, -0.2) is 18.3 Å². The minimum atomic E-state index is -2.74. The number of hydrogen-bond donors (Lipinski definition) is 0. The zero-order valence-electron chi connectivity index (χ0n) is 10.7. The van der Waals surface area contributed by atoms with Crippen LogP contribution in [0.4, 0.5) is 8.78 Å². The Hall–Kier alpha value is -1.52. The van der Waals surface area contributed by atoms with Gasteiger partial charge in [-0.1, -0.05) is 25.6 Å². The molecular formula is C12H12F2N2OSSi. The van der Waals surface area contributed by atoms with Crippen molar-refractivity contribution in [1.29, 1.82) is 0 Å². The van der Waals surface area contributed by atoms with E-state index < -0.39 is 20.4 Å². The molecule has 2 aromatic rings. The lowest BCUT2D eigenvalue weighted by molar-refractivity contribution is 0.116. The fourth-order valence-electron chi connectivity index (χ4n) is 1.19. The van der Waals surface area contributed by atoms with Crippen LogP contribution in [0, 0.1) is 11.5 Å². The van der Waals surface area contributed by atoms with Gasteiger partial charge in [0.25, 0.3) is 11.8 Å². The molecular weight excluding hydrogens is 286 g/mol. The fraction of sp³-hybridized carbons (Fsp3) is 0.333. The molecule has 0 spiro atoms. The van der Waals surface area contributed by atoms with Crippen molar-refractivity contribution >= 4 is 19.4 Å². The van der Waals surface area contributed by atoms with Crippen LogP contribution in [0.15, 0.2) is 16.5 Å². The fourth-order valence-corrected chi connectivity index (χ4v) is 2.57. The van der Waals surface area contributed by atoms with Crippen LogP contribution in [0.2, 0.25) is 19.6 Å². The number of halogens is 2. The summed E-state index contributed by atoms with van der Waals surface area (Å²) in [6.45, 7) is 6.46. The van der Waals surface area contributed by atoms with Gasteiger partial charge in [0, 0.05) is 0 Å². The van der Waals surface area contributed by atoms with E-state index in [2.05, 4.69) is 41.3 Å². The topological polar surface area (TPSA) is 38.9 Å². The van der Waals surface area contributed by atoms with Crippen LogP contribution in [0.25, 0.3) is 10.8 Å². The highest BCUT2D eigenvalue weighted by molar-refractivity contribution is 7.16. The zero-order chi connectivity index (χ0) is 14.0. The van der Waals surface area contributed by atoms with Crippen molar-refractivity contribution in [1.82, 2.24) is 10.2 Å². The van der Waals surface area contributed by atoms with Gasteiger partial charge >= 0.3 is 6.43 Å². The van der Waals surface area contributed by atoms with E-state index in [1.165, 1.54) is 11.3 Å². The molecule has 100 valence electrons. The maximum absolute atomic E-state index is 12.3.